The number of hydrogen-bond acceptors (Lipinski definition) is 3. The van der Waals surface area contributed by atoms with Crippen LogP contribution in [0.2, 0.25) is 0 Å². The molecule has 4 rings (SSSR count). The van der Waals surface area contributed by atoms with Crippen molar-refractivity contribution in [2.45, 2.75) is 19.2 Å². The maximum Gasteiger partial charge on any atom is 0.573 e. The number of carbonyl (C=O) groups is 2. The van der Waals surface area contributed by atoms with Crippen LogP contribution in [0, 0.1) is 0 Å². The highest BCUT2D eigenvalue weighted by atomic mass is 19.4. The number of carbonyl (C=O) groups excluding carboxylic acids is 2. The SMILES string of the molecule is CC1CNC(=O)c2[nH]c3ccc(C(=O)Nc4cccc(OC(F)(F)F)c4)cc3c21. The second kappa shape index (κ2) is 6.84. The summed E-state index contributed by atoms with van der Waals surface area (Å²) in [6.45, 7) is 2.48. The highest BCUT2D eigenvalue weighted by molar-refractivity contribution is 6.08. The smallest absolute Gasteiger partial charge is 0.406 e. The van der Waals surface area contributed by atoms with Crippen LogP contribution in [0.5, 0.6) is 5.75 Å². The summed E-state index contributed by atoms with van der Waals surface area (Å²) in [7, 11) is 0. The Kier molecular flexibility index (Phi) is 4.45. The van der Waals surface area contributed by atoms with Gasteiger partial charge in [-0.25, -0.2) is 0 Å². The molecule has 2 heterocycles. The van der Waals surface area contributed by atoms with E-state index in [2.05, 4.69) is 20.4 Å². The van der Waals surface area contributed by atoms with Gasteiger partial charge in [0.1, 0.15) is 11.4 Å². The number of alkyl halides is 3. The first kappa shape index (κ1) is 18.9. The molecule has 1 atom stereocenters. The van der Waals surface area contributed by atoms with Gasteiger partial charge < -0.3 is 20.4 Å². The number of H-pyrrole nitrogens is 1. The fourth-order valence-electron chi connectivity index (χ4n) is 3.46. The molecule has 29 heavy (non-hydrogen) atoms. The fraction of sp³-hybridized carbons (Fsp3) is 0.200. The third-order valence-electron chi connectivity index (χ3n) is 4.72. The monoisotopic (exact) mass is 403 g/mol. The predicted octanol–water partition coefficient (Wildman–Crippen LogP) is 4.17. The van der Waals surface area contributed by atoms with Crippen LogP contribution in [0.3, 0.4) is 0 Å². The van der Waals surface area contributed by atoms with Crippen LogP contribution in [0.25, 0.3) is 10.9 Å². The van der Waals surface area contributed by atoms with Crippen molar-refractivity contribution in [3.63, 3.8) is 0 Å². The molecule has 9 heteroatoms. The highest BCUT2D eigenvalue weighted by Gasteiger charge is 2.31. The highest BCUT2D eigenvalue weighted by Crippen LogP contribution is 2.32. The molecule has 0 spiro atoms. The second-order valence-corrected chi connectivity index (χ2v) is 6.81. The predicted molar refractivity (Wildman–Crippen MR) is 100 cm³/mol. The number of hydrogen-bond donors (Lipinski definition) is 3. The molecule has 3 aromatic rings. The Labute approximate surface area is 163 Å². The van der Waals surface area contributed by atoms with Gasteiger partial charge in [-0.15, -0.1) is 13.2 Å². The molecule has 0 bridgehead atoms. The van der Waals surface area contributed by atoms with E-state index in [4.69, 9.17) is 0 Å². The van der Waals surface area contributed by atoms with E-state index in [0.717, 1.165) is 28.6 Å². The maximum atomic E-state index is 12.6. The first-order valence-electron chi connectivity index (χ1n) is 8.82. The Morgan fingerprint density at radius 2 is 2.00 bits per heavy atom. The topological polar surface area (TPSA) is 83.2 Å². The number of ether oxygens (including phenoxy) is 1. The van der Waals surface area contributed by atoms with Gasteiger partial charge >= 0.3 is 6.36 Å². The number of aromatic amines is 1. The van der Waals surface area contributed by atoms with Crippen molar-refractivity contribution >= 4 is 28.4 Å². The molecule has 1 aliphatic heterocycles. The van der Waals surface area contributed by atoms with Crippen LogP contribution in [-0.2, 0) is 0 Å². The molecule has 0 radical (unpaired) electrons. The number of benzene rings is 2. The standard InChI is InChI=1S/C20H16F3N3O3/c1-10-9-24-19(28)17-16(10)14-7-11(5-6-15(14)26-17)18(27)25-12-3-2-4-13(8-12)29-20(21,22)23/h2-8,10,26H,9H2,1H3,(H,24,28)(H,25,27). The third kappa shape index (κ3) is 3.75. The van der Waals surface area contributed by atoms with Gasteiger partial charge in [0.25, 0.3) is 11.8 Å². The average molecular weight is 403 g/mol. The number of halogens is 3. The van der Waals surface area contributed by atoms with Crippen molar-refractivity contribution in [3.8, 4) is 5.75 Å². The lowest BCUT2D eigenvalue weighted by Crippen LogP contribution is -2.33. The van der Waals surface area contributed by atoms with Crippen LogP contribution in [0.4, 0.5) is 18.9 Å². The van der Waals surface area contributed by atoms with Gasteiger partial charge in [0.05, 0.1) is 0 Å². The lowest BCUT2D eigenvalue weighted by Gasteiger charge is -2.19. The number of amides is 2. The van der Waals surface area contributed by atoms with Crippen molar-refractivity contribution in [3.05, 3.63) is 59.3 Å². The summed E-state index contributed by atoms with van der Waals surface area (Å²) in [5, 5.41) is 6.13. The Hall–Kier alpha value is -3.49. The molecule has 6 nitrogen and oxygen atoms in total. The van der Waals surface area contributed by atoms with Gasteiger partial charge in [0, 0.05) is 40.7 Å². The van der Waals surface area contributed by atoms with Gasteiger partial charge in [-0.1, -0.05) is 13.0 Å². The zero-order valence-corrected chi connectivity index (χ0v) is 15.2. The van der Waals surface area contributed by atoms with E-state index in [1.165, 1.54) is 12.1 Å². The molecule has 2 aromatic carbocycles. The van der Waals surface area contributed by atoms with Crippen LogP contribution >= 0.6 is 0 Å². The first-order valence-corrected chi connectivity index (χ1v) is 8.82. The van der Waals surface area contributed by atoms with E-state index in [1.807, 2.05) is 6.92 Å². The molecule has 0 fully saturated rings. The van der Waals surface area contributed by atoms with Crippen LogP contribution in [0.1, 0.15) is 39.3 Å². The summed E-state index contributed by atoms with van der Waals surface area (Å²) >= 11 is 0. The van der Waals surface area contributed by atoms with Crippen molar-refractivity contribution < 1.29 is 27.5 Å². The quantitative estimate of drug-likeness (QED) is 0.614. The molecular formula is C20H16F3N3O3. The van der Waals surface area contributed by atoms with Crippen molar-refractivity contribution in [1.29, 1.82) is 0 Å². The molecule has 150 valence electrons. The normalized spacial score (nSPS) is 16.3. The Morgan fingerprint density at radius 3 is 2.76 bits per heavy atom. The van der Waals surface area contributed by atoms with Crippen molar-refractivity contribution in [1.82, 2.24) is 10.3 Å². The minimum absolute atomic E-state index is 0.0750. The Bertz CT molecular complexity index is 1120. The fourth-order valence-corrected chi connectivity index (χ4v) is 3.46. The first-order chi connectivity index (χ1) is 13.7. The van der Waals surface area contributed by atoms with Gasteiger partial charge in [0.15, 0.2) is 0 Å². The summed E-state index contributed by atoms with van der Waals surface area (Å²) in [5.41, 5.74) is 2.55. The molecule has 0 saturated heterocycles. The molecule has 1 unspecified atom stereocenters. The Balaban J connectivity index is 1.62. The van der Waals surface area contributed by atoms with E-state index < -0.39 is 18.0 Å². The van der Waals surface area contributed by atoms with E-state index in [9.17, 15) is 22.8 Å². The maximum absolute atomic E-state index is 12.6. The molecular weight excluding hydrogens is 387 g/mol. The van der Waals surface area contributed by atoms with Gasteiger partial charge in [-0.05, 0) is 35.9 Å². The van der Waals surface area contributed by atoms with Gasteiger partial charge in [-0.3, -0.25) is 9.59 Å². The third-order valence-corrected chi connectivity index (χ3v) is 4.72. The van der Waals surface area contributed by atoms with Crippen molar-refractivity contribution in [2.75, 3.05) is 11.9 Å². The Morgan fingerprint density at radius 1 is 1.21 bits per heavy atom. The lowest BCUT2D eigenvalue weighted by atomic mass is 9.93. The molecule has 3 N–H and O–H groups in total. The number of nitrogens with one attached hydrogen (secondary N) is 3. The van der Waals surface area contributed by atoms with E-state index in [0.29, 0.717) is 17.8 Å². The molecule has 1 aliphatic rings. The van der Waals surface area contributed by atoms with E-state index in [-0.39, 0.29) is 17.5 Å². The summed E-state index contributed by atoms with van der Waals surface area (Å²) in [4.78, 5) is 27.8. The average Bonchev–Trinajstić information content (AvgIpc) is 3.03. The summed E-state index contributed by atoms with van der Waals surface area (Å²) < 4.78 is 41.0. The van der Waals surface area contributed by atoms with E-state index >= 15 is 0 Å². The lowest BCUT2D eigenvalue weighted by molar-refractivity contribution is -0.274. The number of anilines is 1. The molecule has 1 aromatic heterocycles. The minimum atomic E-state index is -4.82. The summed E-state index contributed by atoms with van der Waals surface area (Å²) in [5.74, 6) is -1.03. The van der Waals surface area contributed by atoms with Gasteiger partial charge in [0.2, 0.25) is 0 Å². The van der Waals surface area contributed by atoms with Crippen LogP contribution in [0.15, 0.2) is 42.5 Å². The summed E-state index contributed by atoms with van der Waals surface area (Å²) in [6, 6.07) is 10.0. The van der Waals surface area contributed by atoms with Crippen LogP contribution < -0.4 is 15.4 Å². The van der Waals surface area contributed by atoms with Gasteiger partial charge in [-0.2, -0.15) is 0 Å². The van der Waals surface area contributed by atoms with E-state index in [1.54, 1.807) is 18.2 Å². The molecule has 0 aliphatic carbocycles. The largest absolute Gasteiger partial charge is 0.573 e. The summed E-state index contributed by atoms with van der Waals surface area (Å²) in [6.07, 6.45) is -4.82. The number of fused-ring (bicyclic) bond motifs is 3. The van der Waals surface area contributed by atoms with Crippen LogP contribution in [-0.4, -0.2) is 29.7 Å². The second-order valence-electron chi connectivity index (χ2n) is 6.81. The minimum Gasteiger partial charge on any atom is -0.406 e. The number of aromatic nitrogens is 1. The zero-order chi connectivity index (χ0) is 20.8. The molecule has 2 amide bonds. The molecule has 0 saturated carbocycles. The zero-order valence-electron chi connectivity index (χ0n) is 15.2. The number of rotatable bonds is 3. The van der Waals surface area contributed by atoms with Crippen molar-refractivity contribution in [2.24, 2.45) is 0 Å².